The van der Waals surface area contributed by atoms with Crippen LogP contribution >= 0.6 is 0 Å². The summed E-state index contributed by atoms with van der Waals surface area (Å²) in [4.78, 5) is 26.5. The van der Waals surface area contributed by atoms with Gasteiger partial charge in [-0.1, -0.05) is 19.9 Å². The van der Waals surface area contributed by atoms with Crippen LogP contribution in [-0.2, 0) is 11.3 Å². The van der Waals surface area contributed by atoms with E-state index in [0.717, 1.165) is 50.8 Å². The molecule has 4 bridgehead atoms. The standard InChI is InChI=1S/C26H37FN4O2/c1-24-10-18-11-25(2,14-24)16-26(12-18,15-24)30-23(33)29-21-4-3-17(9-20(21)27)13-31-7-5-19(6-8-31)22(28)32/h3-4,9,18-19H,5-8,10-16H2,1-2H3,(H2,28,32)(H2,29,30,33)/t18?,24-,25-,26?/m1/s1. The second-order valence-electron chi connectivity index (χ2n) is 12.3. The number of likely N-dealkylation sites (tertiary alicyclic amines) is 1. The third kappa shape index (κ3) is 4.61. The predicted molar refractivity (Wildman–Crippen MR) is 126 cm³/mol. The Balaban J connectivity index is 1.19. The number of anilines is 1. The van der Waals surface area contributed by atoms with Gasteiger partial charge in [-0.15, -0.1) is 0 Å². The number of carbonyl (C=O) groups is 2. The molecule has 0 aromatic heterocycles. The van der Waals surface area contributed by atoms with Gasteiger partial charge in [-0.05, 0) is 98.9 Å². The Hall–Kier alpha value is -2.15. The van der Waals surface area contributed by atoms with Crippen LogP contribution in [0.4, 0.5) is 14.9 Å². The van der Waals surface area contributed by atoms with Gasteiger partial charge in [-0.2, -0.15) is 0 Å². The second kappa shape index (κ2) is 7.97. The Kier molecular flexibility index (Phi) is 5.46. The van der Waals surface area contributed by atoms with Crippen LogP contribution in [0.1, 0.15) is 70.8 Å². The summed E-state index contributed by atoms with van der Waals surface area (Å²) in [6.45, 7) is 6.92. The summed E-state index contributed by atoms with van der Waals surface area (Å²) >= 11 is 0. The average Bonchev–Trinajstić information content (AvgIpc) is 2.67. The number of carbonyl (C=O) groups excluding carboxylic acids is 2. The Morgan fingerprint density at radius 3 is 2.33 bits per heavy atom. The zero-order valence-corrected chi connectivity index (χ0v) is 19.9. The van der Waals surface area contributed by atoms with Crippen LogP contribution in [0.25, 0.3) is 0 Å². The highest BCUT2D eigenvalue weighted by atomic mass is 19.1. The number of nitrogens with two attached hydrogens (primary N) is 1. The fraction of sp³-hybridized carbons (Fsp3) is 0.692. The fourth-order valence-electron chi connectivity index (χ4n) is 8.37. The molecule has 1 heterocycles. The molecule has 0 spiro atoms. The third-order valence-corrected chi connectivity index (χ3v) is 8.68. The maximum Gasteiger partial charge on any atom is 0.319 e. The molecule has 6 rings (SSSR count). The largest absolute Gasteiger partial charge is 0.369 e. The number of piperidine rings is 1. The lowest BCUT2D eigenvalue weighted by atomic mass is 9.43. The average molecular weight is 457 g/mol. The van der Waals surface area contributed by atoms with Gasteiger partial charge in [0, 0.05) is 18.0 Å². The second-order valence-corrected chi connectivity index (χ2v) is 12.3. The molecule has 180 valence electrons. The lowest BCUT2D eigenvalue weighted by molar-refractivity contribution is -0.123. The van der Waals surface area contributed by atoms with E-state index in [1.54, 1.807) is 6.07 Å². The molecule has 4 aliphatic carbocycles. The van der Waals surface area contributed by atoms with E-state index in [9.17, 15) is 14.0 Å². The Morgan fingerprint density at radius 1 is 1.09 bits per heavy atom. The zero-order valence-electron chi connectivity index (χ0n) is 19.9. The number of amides is 3. The van der Waals surface area contributed by atoms with E-state index in [2.05, 4.69) is 29.4 Å². The highest BCUT2D eigenvalue weighted by Gasteiger charge is 2.60. The molecule has 2 atom stereocenters. The van der Waals surface area contributed by atoms with Crippen LogP contribution in [0, 0.1) is 28.5 Å². The summed E-state index contributed by atoms with van der Waals surface area (Å²) < 4.78 is 14.8. The van der Waals surface area contributed by atoms with Gasteiger partial charge in [0.1, 0.15) is 5.82 Å². The van der Waals surface area contributed by atoms with Gasteiger partial charge in [-0.25, -0.2) is 9.18 Å². The van der Waals surface area contributed by atoms with Crippen molar-refractivity contribution in [2.75, 3.05) is 18.4 Å². The normalized spacial score (nSPS) is 36.0. The Labute approximate surface area is 195 Å². The van der Waals surface area contributed by atoms with Crippen molar-refractivity contribution in [2.45, 2.75) is 77.3 Å². The molecule has 1 aromatic rings. The van der Waals surface area contributed by atoms with Crippen molar-refractivity contribution in [2.24, 2.45) is 28.4 Å². The summed E-state index contributed by atoms with van der Waals surface area (Å²) in [6, 6.07) is 4.72. The summed E-state index contributed by atoms with van der Waals surface area (Å²) in [5.41, 5.74) is 6.92. The number of hydrogen-bond acceptors (Lipinski definition) is 3. The minimum atomic E-state index is -0.417. The summed E-state index contributed by atoms with van der Waals surface area (Å²) in [5, 5.41) is 6.05. The molecule has 7 heteroatoms. The van der Waals surface area contributed by atoms with E-state index < -0.39 is 5.82 Å². The van der Waals surface area contributed by atoms with Gasteiger partial charge in [0.15, 0.2) is 0 Å². The maximum atomic E-state index is 14.8. The Morgan fingerprint density at radius 2 is 1.76 bits per heavy atom. The van der Waals surface area contributed by atoms with E-state index in [0.29, 0.717) is 23.3 Å². The van der Waals surface area contributed by atoms with E-state index in [-0.39, 0.29) is 29.1 Å². The van der Waals surface area contributed by atoms with Crippen LogP contribution in [0.15, 0.2) is 18.2 Å². The fourth-order valence-corrected chi connectivity index (χ4v) is 8.37. The molecule has 1 aliphatic heterocycles. The van der Waals surface area contributed by atoms with Gasteiger partial charge in [0.05, 0.1) is 5.69 Å². The third-order valence-electron chi connectivity index (χ3n) is 8.68. The first-order valence-corrected chi connectivity index (χ1v) is 12.4. The number of rotatable bonds is 5. The van der Waals surface area contributed by atoms with Crippen LogP contribution in [0.2, 0.25) is 0 Å². The quantitative estimate of drug-likeness (QED) is 0.614. The molecule has 6 nitrogen and oxygen atoms in total. The Bertz CT molecular complexity index is 940. The molecule has 4 N–H and O–H groups in total. The number of hydrogen-bond donors (Lipinski definition) is 3. The monoisotopic (exact) mass is 456 g/mol. The molecule has 33 heavy (non-hydrogen) atoms. The molecule has 1 aromatic carbocycles. The van der Waals surface area contributed by atoms with Crippen molar-refractivity contribution >= 4 is 17.6 Å². The number of primary amides is 1. The number of benzene rings is 1. The van der Waals surface area contributed by atoms with Crippen molar-refractivity contribution in [3.05, 3.63) is 29.6 Å². The van der Waals surface area contributed by atoms with Gasteiger partial charge in [0.25, 0.3) is 0 Å². The molecule has 3 amide bonds. The molecular weight excluding hydrogens is 419 g/mol. The topological polar surface area (TPSA) is 87.5 Å². The highest BCUT2D eigenvalue weighted by Crippen LogP contribution is 2.66. The SMILES string of the molecule is C[C@]12CC3CC(NC(=O)Nc4ccc(CN5CCC(C(N)=O)CC5)cc4F)(C1)C[C@](C)(C3)C2. The van der Waals surface area contributed by atoms with Gasteiger partial charge in [-0.3, -0.25) is 9.69 Å². The van der Waals surface area contributed by atoms with Gasteiger partial charge >= 0.3 is 6.03 Å². The summed E-state index contributed by atoms with van der Waals surface area (Å²) in [6.07, 6.45) is 8.36. The number of nitrogens with zero attached hydrogens (tertiary/aromatic N) is 1. The smallest absolute Gasteiger partial charge is 0.319 e. The number of urea groups is 1. The van der Waals surface area contributed by atoms with Crippen molar-refractivity contribution in [1.82, 2.24) is 10.2 Å². The van der Waals surface area contributed by atoms with Crippen LogP contribution in [0.3, 0.4) is 0 Å². The predicted octanol–water partition coefficient (Wildman–Crippen LogP) is 4.39. The summed E-state index contributed by atoms with van der Waals surface area (Å²) in [7, 11) is 0. The summed E-state index contributed by atoms with van der Waals surface area (Å²) in [5.74, 6) is -0.0203. The minimum absolute atomic E-state index is 0.0535. The number of halogens is 1. The molecule has 1 saturated heterocycles. The van der Waals surface area contributed by atoms with Gasteiger partial charge in [0.2, 0.25) is 5.91 Å². The maximum absolute atomic E-state index is 14.8. The molecule has 5 fully saturated rings. The first-order valence-electron chi connectivity index (χ1n) is 12.4. The lowest BCUT2D eigenvalue weighted by Gasteiger charge is -2.65. The molecule has 5 aliphatic rings. The van der Waals surface area contributed by atoms with E-state index in [1.165, 1.54) is 25.3 Å². The van der Waals surface area contributed by atoms with Crippen LogP contribution < -0.4 is 16.4 Å². The first kappa shape index (κ1) is 22.6. The van der Waals surface area contributed by atoms with Crippen molar-refractivity contribution in [3.8, 4) is 0 Å². The number of nitrogens with one attached hydrogen (secondary N) is 2. The van der Waals surface area contributed by atoms with Crippen molar-refractivity contribution < 1.29 is 14.0 Å². The molecule has 4 saturated carbocycles. The van der Waals surface area contributed by atoms with Crippen LogP contribution in [-0.4, -0.2) is 35.5 Å². The van der Waals surface area contributed by atoms with E-state index in [4.69, 9.17) is 5.73 Å². The zero-order chi connectivity index (χ0) is 23.4. The highest BCUT2D eigenvalue weighted by molar-refractivity contribution is 5.90. The molecule has 0 radical (unpaired) electrons. The van der Waals surface area contributed by atoms with Gasteiger partial charge < -0.3 is 16.4 Å². The van der Waals surface area contributed by atoms with Crippen molar-refractivity contribution in [1.29, 1.82) is 0 Å². The minimum Gasteiger partial charge on any atom is -0.369 e. The van der Waals surface area contributed by atoms with E-state index in [1.807, 2.05) is 6.07 Å². The molecule has 0 unspecified atom stereocenters. The van der Waals surface area contributed by atoms with Crippen molar-refractivity contribution in [3.63, 3.8) is 0 Å². The van der Waals surface area contributed by atoms with E-state index >= 15 is 0 Å². The lowest BCUT2D eigenvalue weighted by Crippen LogP contribution is -2.65. The molecular formula is C26H37FN4O2. The van der Waals surface area contributed by atoms with Crippen LogP contribution in [0.5, 0.6) is 0 Å². The first-order chi connectivity index (χ1) is 15.5.